The monoisotopic (exact) mass is 290 g/mol. The molecular weight excluding hydrogens is 272 g/mol. The largest absolute Gasteiger partial charge is 0.493 e. The van der Waals surface area contributed by atoms with Gasteiger partial charge in [0.2, 0.25) is 5.91 Å². The molecule has 0 aliphatic heterocycles. The van der Waals surface area contributed by atoms with E-state index in [9.17, 15) is 4.79 Å². The number of hydrogen-bond donors (Lipinski definition) is 0. The van der Waals surface area contributed by atoms with Crippen molar-refractivity contribution in [3.63, 3.8) is 0 Å². The number of aromatic nitrogens is 1. The first-order valence-electron chi connectivity index (χ1n) is 6.46. The van der Waals surface area contributed by atoms with Crippen LogP contribution in [0.25, 0.3) is 0 Å². The van der Waals surface area contributed by atoms with Crippen LogP contribution in [0.3, 0.4) is 0 Å². The summed E-state index contributed by atoms with van der Waals surface area (Å²) < 4.78 is 5.53. The highest BCUT2D eigenvalue weighted by Gasteiger charge is 2.15. The lowest BCUT2D eigenvalue weighted by molar-refractivity contribution is -0.118. The van der Waals surface area contributed by atoms with E-state index in [1.54, 1.807) is 11.9 Å². The normalized spacial score (nSPS) is 10.3. The Morgan fingerprint density at radius 3 is 2.60 bits per heavy atom. The van der Waals surface area contributed by atoms with Gasteiger partial charge in [-0.3, -0.25) is 9.69 Å². The Morgan fingerprint density at radius 1 is 1.30 bits per heavy atom. The zero-order valence-electron chi connectivity index (χ0n) is 11.9. The van der Waals surface area contributed by atoms with Crippen LogP contribution in [0.2, 0.25) is 0 Å². The standard InChI is InChI=1S/C15H18N2O2S/c1-11-12(2)20-15(16-11)17(3)14(18)9-10-19-13-7-5-4-6-8-13/h4-8H,9-10H2,1-3H3. The minimum Gasteiger partial charge on any atom is -0.493 e. The maximum atomic E-state index is 12.1. The predicted octanol–water partition coefficient (Wildman–Crippen LogP) is 3.19. The lowest BCUT2D eigenvalue weighted by Gasteiger charge is -2.14. The number of nitrogens with zero attached hydrogens (tertiary/aromatic N) is 2. The van der Waals surface area contributed by atoms with E-state index in [0.29, 0.717) is 13.0 Å². The van der Waals surface area contributed by atoms with E-state index in [1.165, 1.54) is 11.3 Å². The number of anilines is 1. The molecule has 20 heavy (non-hydrogen) atoms. The van der Waals surface area contributed by atoms with Crippen molar-refractivity contribution >= 4 is 22.4 Å². The highest BCUT2D eigenvalue weighted by atomic mass is 32.1. The number of carbonyl (C=O) groups excluding carboxylic acids is 1. The Kier molecular flexibility index (Phi) is 4.74. The van der Waals surface area contributed by atoms with Crippen molar-refractivity contribution in [2.24, 2.45) is 0 Å². The van der Waals surface area contributed by atoms with E-state index >= 15 is 0 Å². The van der Waals surface area contributed by atoms with Crippen molar-refractivity contribution in [3.8, 4) is 5.75 Å². The van der Waals surface area contributed by atoms with Crippen LogP contribution in [0.4, 0.5) is 5.13 Å². The number of amides is 1. The molecule has 1 aromatic heterocycles. The molecule has 0 aliphatic rings. The molecule has 106 valence electrons. The van der Waals surface area contributed by atoms with Gasteiger partial charge in [-0.15, -0.1) is 11.3 Å². The molecule has 0 N–H and O–H groups in total. The number of thiazole rings is 1. The van der Waals surface area contributed by atoms with Crippen LogP contribution in [-0.2, 0) is 4.79 Å². The fourth-order valence-corrected chi connectivity index (χ4v) is 2.54. The molecule has 1 heterocycles. The van der Waals surface area contributed by atoms with Gasteiger partial charge in [0.15, 0.2) is 5.13 Å². The quantitative estimate of drug-likeness (QED) is 0.849. The van der Waals surface area contributed by atoms with Gasteiger partial charge in [-0.2, -0.15) is 0 Å². The smallest absolute Gasteiger partial charge is 0.231 e. The summed E-state index contributed by atoms with van der Waals surface area (Å²) in [6, 6.07) is 9.50. The molecule has 0 fully saturated rings. The minimum atomic E-state index is 0.00896. The first-order valence-corrected chi connectivity index (χ1v) is 7.28. The molecule has 2 rings (SSSR count). The summed E-state index contributed by atoms with van der Waals surface area (Å²) in [5, 5.41) is 0.740. The number of carbonyl (C=O) groups is 1. The predicted molar refractivity (Wildman–Crippen MR) is 81.6 cm³/mol. The molecule has 4 nitrogen and oxygen atoms in total. The molecule has 0 radical (unpaired) electrons. The molecule has 5 heteroatoms. The Hall–Kier alpha value is -1.88. The van der Waals surface area contributed by atoms with E-state index in [4.69, 9.17) is 4.74 Å². The summed E-state index contributed by atoms with van der Waals surface area (Å²) in [7, 11) is 1.75. The molecule has 2 aromatic rings. The van der Waals surface area contributed by atoms with Crippen LogP contribution in [0.15, 0.2) is 30.3 Å². The van der Waals surface area contributed by atoms with Crippen molar-refractivity contribution in [1.82, 2.24) is 4.98 Å². The van der Waals surface area contributed by atoms with Crippen LogP contribution < -0.4 is 9.64 Å². The van der Waals surface area contributed by atoms with Gasteiger partial charge in [-0.05, 0) is 26.0 Å². The minimum absolute atomic E-state index is 0.00896. The molecule has 1 amide bonds. The third-order valence-electron chi connectivity index (χ3n) is 3.01. The van der Waals surface area contributed by atoms with Gasteiger partial charge in [0.25, 0.3) is 0 Å². The zero-order valence-corrected chi connectivity index (χ0v) is 12.7. The summed E-state index contributed by atoms with van der Waals surface area (Å²) in [4.78, 5) is 19.2. The number of benzene rings is 1. The van der Waals surface area contributed by atoms with E-state index in [2.05, 4.69) is 4.98 Å². The van der Waals surface area contributed by atoms with Crippen LogP contribution in [-0.4, -0.2) is 24.5 Å². The molecule has 1 aromatic carbocycles. The highest BCUT2D eigenvalue weighted by Crippen LogP contribution is 2.24. The molecule has 0 spiro atoms. The maximum absolute atomic E-state index is 12.1. The number of aryl methyl sites for hydroxylation is 2. The van der Waals surface area contributed by atoms with Gasteiger partial charge in [0.05, 0.1) is 18.7 Å². The van der Waals surface area contributed by atoms with E-state index in [1.807, 2.05) is 44.2 Å². The maximum Gasteiger partial charge on any atom is 0.231 e. The van der Waals surface area contributed by atoms with Crippen molar-refractivity contribution in [2.75, 3.05) is 18.6 Å². The van der Waals surface area contributed by atoms with Crippen molar-refractivity contribution in [1.29, 1.82) is 0 Å². The van der Waals surface area contributed by atoms with E-state index in [-0.39, 0.29) is 5.91 Å². The van der Waals surface area contributed by atoms with Crippen molar-refractivity contribution in [2.45, 2.75) is 20.3 Å². The van der Waals surface area contributed by atoms with Crippen LogP contribution >= 0.6 is 11.3 Å². The summed E-state index contributed by atoms with van der Waals surface area (Å²) in [5.74, 6) is 0.790. The van der Waals surface area contributed by atoms with Crippen LogP contribution in [0.1, 0.15) is 17.0 Å². The fraction of sp³-hybridized carbons (Fsp3) is 0.333. The third-order valence-corrected chi connectivity index (χ3v) is 4.16. The van der Waals surface area contributed by atoms with Crippen molar-refractivity contribution in [3.05, 3.63) is 40.9 Å². The van der Waals surface area contributed by atoms with Gasteiger partial charge in [-0.1, -0.05) is 18.2 Å². The third kappa shape index (κ3) is 3.57. The molecule has 0 saturated heterocycles. The molecule has 0 aliphatic carbocycles. The summed E-state index contributed by atoms with van der Waals surface area (Å²) >= 11 is 1.53. The lowest BCUT2D eigenvalue weighted by atomic mass is 10.3. The molecular formula is C15H18N2O2S. The Bertz CT molecular complexity index is 561. The first-order chi connectivity index (χ1) is 9.58. The van der Waals surface area contributed by atoms with E-state index < -0.39 is 0 Å². The average Bonchev–Trinajstić information content (AvgIpc) is 2.79. The Labute approximate surface area is 123 Å². The average molecular weight is 290 g/mol. The van der Waals surface area contributed by atoms with E-state index in [0.717, 1.165) is 21.5 Å². The van der Waals surface area contributed by atoms with Gasteiger partial charge in [-0.25, -0.2) is 4.98 Å². The fourth-order valence-electron chi connectivity index (χ4n) is 1.65. The number of rotatable bonds is 5. The van der Waals surface area contributed by atoms with Gasteiger partial charge in [0, 0.05) is 11.9 Å². The summed E-state index contributed by atoms with van der Waals surface area (Å²) in [6.45, 7) is 4.33. The van der Waals surface area contributed by atoms with Crippen LogP contribution in [0.5, 0.6) is 5.75 Å². The van der Waals surface area contributed by atoms with Gasteiger partial charge < -0.3 is 4.74 Å². The molecule has 0 bridgehead atoms. The molecule has 0 saturated carbocycles. The highest BCUT2D eigenvalue weighted by molar-refractivity contribution is 7.15. The number of ether oxygens (including phenoxy) is 1. The van der Waals surface area contributed by atoms with Gasteiger partial charge >= 0.3 is 0 Å². The zero-order chi connectivity index (χ0) is 14.5. The summed E-state index contributed by atoms with van der Waals surface area (Å²) in [5.41, 5.74) is 0.977. The second-order valence-electron chi connectivity index (χ2n) is 4.50. The van der Waals surface area contributed by atoms with Crippen molar-refractivity contribution < 1.29 is 9.53 Å². The van der Waals surface area contributed by atoms with Gasteiger partial charge in [0.1, 0.15) is 5.75 Å². The molecule has 0 atom stereocenters. The Morgan fingerprint density at radius 2 is 2.00 bits per heavy atom. The topological polar surface area (TPSA) is 42.4 Å². The lowest BCUT2D eigenvalue weighted by Crippen LogP contribution is -2.27. The first kappa shape index (κ1) is 14.5. The second-order valence-corrected chi connectivity index (χ2v) is 5.68. The molecule has 0 unspecified atom stereocenters. The second kappa shape index (κ2) is 6.52. The van der Waals surface area contributed by atoms with Crippen LogP contribution in [0, 0.1) is 13.8 Å². The number of hydrogen-bond acceptors (Lipinski definition) is 4. The number of para-hydroxylation sites is 1. The Balaban J connectivity index is 1.85. The SMILES string of the molecule is Cc1nc(N(C)C(=O)CCOc2ccccc2)sc1C. The summed E-state index contributed by atoms with van der Waals surface area (Å²) in [6.07, 6.45) is 0.336.